The first-order chi connectivity index (χ1) is 26.5. The average molecular weight is 760 g/mol. The molecule has 0 radical (unpaired) electrons. The van der Waals surface area contributed by atoms with Gasteiger partial charge in [0.1, 0.15) is 6.10 Å². The van der Waals surface area contributed by atoms with Crippen molar-refractivity contribution in [2.45, 2.75) is 251 Å². The second-order valence-corrected chi connectivity index (χ2v) is 15.8. The van der Waals surface area contributed by atoms with Gasteiger partial charge in [0.05, 0.1) is 25.2 Å². The highest BCUT2D eigenvalue weighted by atomic mass is 16.5. The van der Waals surface area contributed by atoms with Crippen molar-refractivity contribution in [2.24, 2.45) is 0 Å². The molecule has 0 bridgehead atoms. The van der Waals surface area contributed by atoms with Crippen LogP contribution < -0.4 is 5.32 Å². The van der Waals surface area contributed by atoms with Crippen LogP contribution in [0.3, 0.4) is 0 Å². The highest BCUT2D eigenvalue weighted by Crippen LogP contribution is 2.18. The lowest BCUT2D eigenvalue weighted by atomic mass is 10.0. The minimum atomic E-state index is -0.784. The molecule has 0 aliphatic heterocycles. The molecule has 0 fully saturated rings. The number of nitrogens with one attached hydrogen (secondary N) is 1. The molecular weight excluding hydrogens is 671 g/mol. The minimum absolute atomic E-state index is 0.0752. The van der Waals surface area contributed by atoms with Crippen LogP contribution >= 0.6 is 0 Å². The predicted molar refractivity (Wildman–Crippen MR) is 232 cm³/mol. The van der Waals surface area contributed by atoms with Gasteiger partial charge in [-0.25, -0.2) is 0 Å². The molecule has 1 amide bonds. The van der Waals surface area contributed by atoms with Gasteiger partial charge in [0, 0.05) is 6.42 Å². The largest absolute Gasteiger partial charge is 0.462 e. The molecule has 0 heterocycles. The van der Waals surface area contributed by atoms with E-state index in [1.54, 1.807) is 0 Å². The van der Waals surface area contributed by atoms with Gasteiger partial charge in [-0.3, -0.25) is 9.59 Å². The summed E-state index contributed by atoms with van der Waals surface area (Å²) in [5.74, 6) is -0.484. The van der Waals surface area contributed by atoms with E-state index in [2.05, 4.69) is 62.5 Å². The number of hydrogen-bond acceptors (Lipinski definition) is 5. The van der Waals surface area contributed by atoms with Gasteiger partial charge in [-0.2, -0.15) is 0 Å². The summed E-state index contributed by atoms with van der Waals surface area (Å²) in [5.41, 5.74) is 0. The molecule has 6 nitrogen and oxygen atoms in total. The third kappa shape index (κ3) is 37.0. The Morgan fingerprint density at radius 2 is 1.00 bits per heavy atom. The molecule has 3 atom stereocenters. The number of carbonyl (C=O) groups excluding carboxylic acids is 2. The maximum absolute atomic E-state index is 13.1. The number of carbonyl (C=O) groups is 2. The number of aliphatic hydroxyl groups excluding tert-OH is 2. The summed E-state index contributed by atoms with van der Waals surface area (Å²) in [6, 6.07) is -0.698. The molecule has 0 saturated heterocycles. The fourth-order valence-corrected chi connectivity index (χ4v) is 7.02. The monoisotopic (exact) mass is 760 g/mol. The first-order valence-corrected chi connectivity index (χ1v) is 23.2. The van der Waals surface area contributed by atoms with Crippen LogP contribution in [0.2, 0.25) is 0 Å². The molecule has 0 spiro atoms. The summed E-state index contributed by atoms with van der Waals surface area (Å²) >= 11 is 0. The Labute approximate surface area is 334 Å². The van der Waals surface area contributed by atoms with Crippen molar-refractivity contribution in [3.63, 3.8) is 0 Å². The second kappa shape index (κ2) is 42.2. The Kier molecular flexibility index (Phi) is 40.7. The lowest BCUT2D eigenvalue weighted by molar-refractivity contribution is -0.151. The number of ether oxygens (including phenoxy) is 1. The van der Waals surface area contributed by atoms with Crippen molar-refractivity contribution in [3.8, 4) is 0 Å². The molecule has 0 aromatic heterocycles. The molecule has 0 aromatic carbocycles. The van der Waals surface area contributed by atoms with Gasteiger partial charge in [0.2, 0.25) is 5.91 Å². The van der Waals surface area contributed by atoms with Gasteiger partial charge in [-0.15, -0.1) is 0 Å². The van der Waals surface area contributed by atoms with E-state index < -0.39 is 18.2 Å². The molecule has 0 aliphatic carbocycles. The van der Waals surface area contributed by atoms with Crippen LogP contribution in [-0.2, 0) is 14.3 Å². The van der Waals surface area contributed by atoms with Gasteiger partial charge in [-0.1, -0.05) is 211 Å². The number of allylic oxidation sites excluding steroid dienone is 6. The van der Waals surface area contributed by atoms with Crippen LogP contribution in [-0.4, -0.2) is 46.9 Å². The summed E-state index contributed by atoms with van der Waals surface area (Å²) < 4.78 is 5.89. The van der Waals surface area contributed by atoms with Crippen molar-refractivity contribution >= 4 is 11.9 Å². The Morgan fingerprint density at radius 3 is 1.50 bits per heavy atom. The summed E-state index contributed by atoms with van der Waals surface area (Å²) in [4.78, 5) is 26.0. The van der Waals surface area contributed by atoms with Crippen molar-refractivity contribution < 1.29 is 24.5 Å². The molecular formula is C48H89NO5. The van der Waals surface area contributed by atoms with E-state index in [0.29, 0.717) is 19.3 Å². The van der Waals surface area contributed by atoms with Gasteiger partial charge >= 0.3 is 5.97 Å². The zero-order valence-electron chi connectivity index (χ0n) is 35.9. The Balaban J connectivity index is 4.52. The van der Waals surface area contributed by atoms with Crippen molar-refractivity contribution in [2.75, 3.05) is 6.61 Å². The van der Waals surface area contributed by atoms with Crippen LogP contribution in [0.25, 0.3) is 0 Å². The molecule has 6 heteroatoms. The SMILES string of the molecule is CC/C=C/C=C/C=C/CCCCCCCCCC(=O)OC(CCCCCCCCCCC)CC(=O)NC(CO)C(O)CCCCCCCCCCCCC. The van der Waals surface area contributed by atoms with Crippen molar-refractivity contribution in [3.05, 3.63) is 36.5 Å². The maximum Gasteiger partial charge on any atom is 0.306 e. The Morgan fingerprint density at radius 1 is 0.556 bits per heavy atom. The standard InChI is InChI=1S/C48H89NO5/c1-4-7-10-13-16-19-21-22-23-24-26-29-32-35-38-41-48(53)54-44(39-36-33-30-27-18-15-12-9-6-3)42-47(52)49-45(43-50)46(51)40-37-34-31-28-25-20-17-14-11-8-5-2/h7,10,13,16,19,21,44-46,50-51H,4-6,8-9,11-12,14-15,17-18,20,22-43H2,1-3H3,(H,49,52)/b10-7+,16-13+,21-19+. The summed E-state index contributed by atoms with van der Waals surface area (Å²) in [7, 11) is 0. The smallest absolute Gasteiger partial charge is 0.306 e. The quantitative estimate of drug-likeness (QED) is 0.0328. The third-order valence-electron chi connectivity index (χ3n) is 10.5. The lowest BCUT2D eigenvalue weighted by Gasteiger charge is -2.24. The van der Waals surface area contributed by atoms with E-state index in [9.17, 15) is 19.8 Å². The van der Waals surface area contributed by atoms with Crippen molar-refractivity contribution in [1.82, 2.24) is 5.32 Å². The van der Waals surface area contributed by atoms with Gasteiger partial charge in [0.15, 0.2) is 0 Å². The summed E-state index contributed by atoms with van der Waals surface area (Å²) in [6.45, 7) is 6.32. The number of hydrogen-bond donors (Lipinski definition) is 3. The molecule has 316 valence electrons. The van der Waals surface area contributed by atoms with Gasteiger partial charge in [0.25, 0.3) is 0 Å². The number of rotatable bonds is 41. The maximum atomic E-state index is 13.1. The average Bonchev–Trinajstić information content (AvgIpc) is 3.16. The predicted octanol–water partition coefficient (Wildman–Crippen LogP) is 13.3. The van der Waals surface area contributed by atoms with E-state index in [0.717, 1.165) is 64.2 Å². The van der Waals surface area contributed by atoms with E-state index >= 15 is 0 Å². The summed E-state index contributed by atoms with van der Waals surface area (Å²) in [6.07, 6.45) is 47.7. The first-order valence-electron chi connectivity index (χ1n) is 23.2. The zero-order valence-corrected chi connectivity index (χ0v) is 35.9. The lowest BCUT2D eigenvalue weighted by Crippen LogP contribution is -2.46. The number of amides is 1. The summed E-state index contributed by atoms with van der Waals surface area (Å²) in [5, 5.41) is 23.6. The Hall–Kier alpha value is -1.92. The molecule has 0 rings (SSSR count). The highest BCUT2D eigenvalue weighted by Gasteiger charge is 2.24. The van der Waals surface area contributed by atoms with E-state index in [4.69, 9.17) is 4.74 Å². The first kappa shape index (κ1) is 52.1. The van der Waals surface area contributed by atoms with Gasteiger partial charge in [-0.05, 0) is 44.9 Å². The second-order valence-electron chi connectivity index (χ2n) is 15.8. The number of unbranched alkanes of at least 4 members (excludes halogenated alkanes) is 25. The molecule has 3 unspecified atom stereocenters. The normalized spacial score (nSPS) is 13.6. The topological polar surface area (TPSA) is 95.9 Å². The third-order valence-corrected chi connectivity index (χ3v) is 10.5. The van der Waals surface area contributed by atoms with Crippen LogP contribution in [0.4, 0.5) is 0 Å². The molecule has 3 N–H and O–H groups in total. The molecule has 54 heavy (non-hydrogen) atoms. The van der Waals surface area contributed by atoms with E-state index in [1.165, 1.54) is 122 Å². The van der Waals surface area contributed by atoms with Crippen LogP contribution in [0.15, 0.2) is 36.5 Å². The van der Waals surface area contributed by atoms with Crippen LogP contribution in [0, 0.1) is 0 Å². The van der Waals surface area contributed by atoms with Crippen LogP contribution in [0.1, 0.15) is 233 Å². The molecule has 0 aliphatic rings. The van der Waals surface area contributed by atoms with Crippen LogP contribution in [0.5, 0.6) is 0 Å². The highest BCUT2D eigenvalue weighted by molar-refractivity contribution is 5.77. The van der Waals surface area contributed by atoms with Gasteiger partial charge < -0.3 is 20.3 Å². The molecule has 0 aromatic rings. The van der Waals surface area contributed by atoms with Crippen molar-refractivity contribution in [1.29, 1.82) is 0 Å². The molecule has 0 saturated carbocycles. The minimum Gasteiger partial charge on any atom is -0.462 e. The van der Waals surface area contributed by atoms with E-state index in [-0.39, 0.29) is 24.9 Å². The number of aliphatic hydroxyl groups is 2. The number of esters is 1. The fourth-order valence-electron chi connectivity index (χ4n) is 7.02. The zero-order chi connectivity index (χ0) is 39.6. The fraction of sp³-hybridized carbons (Fsp3) is 0.833. The van der Waals surface area contributed by atoms with E-state index in [1.807, 2.05) is 0 Å². The Bertz CT molecular complexity index is 900.